The fourth-order valence-electron chi connectivity index (χ4n) is 4.11. The van der Waals surface area contributed by atoms with E-state index in [2.05, 4.69) is 27.0 Å². The molecule has 30 heavy (non-hydrogen) atoms. The molecule has 1 amide bonds. The minimum absolute atomic E-state index is 0.0974. The van der Waals surface area contributed by atoms with Gasteiger partial charge in [-0.05, 0) is 36.4 Å². The second-order valence-corrected chi connectivity index (χ2v) is 7.83. The number of benzene rings is 1. The highest BCUT2D eigenvalue weighted by atomic mass is 16.2. The van der Waals surface area contributed by atoms with Crippen LogP contribution in [0.4, 0.5) is 11.5 Å². The summed E-state index contributed by atoms with van der Waals surface area (Å²) in [5, 5.41) is 1.04. The molecule has 1 fully saturated rings. The summed E-state index contributed by atoms with van der Waals surface area (Å²) in [5.74, 6) is 1.01. The van der Waals surface area contributed by atoms with E-state index in [4.69, 9.17) is 0 Å². The molecule has 0 radical (unpaired) electrons. The van der Waals surface area contributed by atoms with Gasteiger partial charge < -0.3 is 19.1 Å². The number of pyridine rings is 1. The van der Waals surface area contributed by atoms with Crippen molar-refractivity contribution in [3.63, 3.8) is 0 Å². The average molecular weight is 400 g/mol. The van der Waals surface area contributed by atoms with E-state index in [0.717, 1.165) is 46.6 Å². The van der Waals surface area contributed by atoms with Crippen LogP contribution in [-0.4, -0.2) is 65.5 Å². The van der Waals surface area contributed by atoms with Crippen LogP contribution < -0.4 is 9.80 Å². The molecule has 0 saturated carbocycles. The van der Waals surface area contributed by atoms with Crippen molar-refractivity contribution in [1.29, 1.82) is 0 Å². The van der Waals surface area contributed by atoms with Gasteiger partial charge in [-0.1, -0.05) is 6.07 Å². The molecule has 0 bridgehead atoms. The Morgan fingerprint density at radius 3 is 2.60 bits per heavy atom. The number of hydrogen-bond donors (Lipinski definition) is 0. The van der Waals surface area contributed by atoms with Gasteiger partial charge in [-0.25, -0.2) is 9.97 Å². The number of amides is 1. The fourth-order valence-corrected chi connectivity index (χ4v) is 4.11. The Morgan fingerprint density at radius 2 is 1.83 bits per heavy atom. The largest absolute Gasteiger partial charge is 0.368 e. The molecule has 1 aliphatic heterocycles. The normalized spacial score (nSPS) is 14.5. The summed E-state index contributed by atoms with van der Waals surface area (Å²) in [4.78, 5) is 28.1. The number of carbonyl (C=O) groups is 1. The standard InChI is InChI=1S/C23H24N6O/c1-26(2)22-20-14-19(6-7-21(20)24-16-25-22)27-9-11-28(12-10-27)23(30)17-13-18-5-3-4-8-29(18)15-17/h3-8,13-16H,9-12H2,1-2H3. The van der Waals surface area contributed by atoms with E-state index in [9.17, 15) is 4.79 Å². The van der Waals surface area contributed by atoms with Crippen molar-refractivity contribution in [2.75, 3.05) is 50.1 Å². The maximum absolute atomic E-state index is 13.0. The van der Waals surface area contributed by atoms with Crippen molar-refractivity contribution < 1.29 is 4.79 Å². The molecule has 1 saturated heterocycles. The summed E-state index contributed by atoms with van der Waals surface area (Å²) >= 11 is 0. The third kappa shape index (κ3) is 3.22. The molecule has 0 aliphatic carbocycles. The number of nitrogens with zero attached hydrogens (tertiary/aromatic N) is 6. The summed E-state index contributed by atoms with van der Waals surface area (Å²) in [7, 11) is 3.98. The van der Waals surface area contributed by atoms with E-state index < -0.39 is 0 Å². The molecule has 4 aromatic rings. The van der Waals surface area contributed by atoms with Crippen LogP contribution in [0.25, 0.3) is 16.4 Å². The molecule has 152 valence electrons. The summed E-state index contributed by atoms with van der Waals surface area (Å²) < 4.78 is 1.99. The number of piperazine rings is 1. The quantitative estimate of drug-likeness (QED) is 0.529. The van der Waals surface area contributed by atoms with E-state index >= 15 is 0 Å². The molecule has 1 aromatic carbocycles. The van der Waals surface area contributed by atoms with Crippen molar-refractivity contribution in [2.45, 2.75) is 0 Å². The number of aromatic nitrogens is 3. The second-order valence-electron chi connectivity index (χ2n) is 7.83. The molecule has 5 rings (SSSR count). The molecule has 7 heteroatoms. The van der Waals surface area contributed by atoms with Gasteiger partial charge in [0.05, 0.1) is 11.1 Å². The predicted octanol–water partition coefficient (Wildman–Crippen LogP) is 2.91. The SMILES string of the molecule is CN(C)c1ncnc2ccc(N3CCN(C(=O)c4cc5ccccn5c4)CC3)cc12. The lowest BCUT2D eigenvalue weighted by atomic mass is 10.1. The van der Waals surface area contributed by atoms with Crippen LogP contribution in [0.2, 0.25) is 0 Å². The number of rotatable bonds is 3. The zero-order valence-electron chi connectivity index (χ0n) is 17.2. The Bertz CT molecular complexity index is 1190. The third-order valence-corrected chi connectivity index (χ3v) is 5.70. The van der Waals surface area contributed by atoms with E-state index in [0.29, 0.717) is 13.1 Å². The maximum atomic E-state index is 13.0. The van der Waals surface area contributed by atoms with E-state index in [1.165, 1.54) is 0 Å². The fraction of sp³-hybridized carbons (Fsp3) is 0.261. The van der Waals surface area contributed by atoms with Gasteiger partial charge in [0.2, 0.25) is 0 Å². The summed E-state index contributed by atoms with van der Waals surface area (Å²) in [6.45, 7) is 3.01. The van der Waals surface area contributed by atoms with E-state index in [1.807, 2.05) is 71.0 Å². The molecule has 3 aromatic heterocycles. The van der Waals surface area contributed by atoms with Gasteiger partial charge in [0.15, 0.2) is 0 Å². The van der Waals surface area contributed by atoms with Crippen LogP contribution in [0.3, 0.4) is 0 Å². The maximum Gasteiger partial charge on any atom is 0.255 e. The van der Waals surface area contributed by atoms with Gasteiger partial charge in [0.1, 0.15) is 12.1 Å². The summed E-state index contributed by atoms with van der Waals surface area (Å²) in [6.07, 6.45) is 5.48. The molecule has 1 aliphatic rings. The Morgan fingerprint density at radius 1 is 1.00 bits per heavy atom. The first-order chi connectivity index (χ1) is 14.6. The lowest BCUT2D eigenvalue weighted by molar-refractivity contribution is 0.0747. The van der Waals surface area contributed by atoms with Crippen molar-refractivity contribution in [3.05, 3.63) is 66.7 Å². The summed E-state index contributed by atoms with van der Waals surface area (Å²) in [6, 6.07) is 14.2. The molecule has 0 unspecified atom stereocenters. The van der Waals surface area contributed by atoms with Gasteiger partial charge in [-0.3, -0.25) is 4.79 Å². The molecule has 0 N–H and O–H groups in total. The van der Waals surface area contributed by atoms with Gasteiger partial charge in [-0.15, -0.1) is 0 Å². The zero-order valence-corrected chi connectivity index (χ0v) is 17.2. The Hall–Kier alpha value is -3.61. The first kappa shape index (κ1) is 18.4. The van der Waals surface area contributed by atoms with Crippen LogP contribution in [0.1, 0.15) is 10.4 Å². The van der Waals surface area contributed by atoms with Gasteiger partial charge >= 0.3 is 0 Å². The lowest BCUT2D eigenvalue weighted by Gasteiger charge is -2.36. The highest BCUT2D eigenvalue weighted by molar-refractivity contribution is 5.96. The number of hydrogen-bond acceptors (Lipinski definition) is 5. The van der Waals surface area contributed by atoms with Gasteiger partial charge in [0.25, 0.3) is 5.91 Å². The van der Waals surface area contributed by atoms with Gasteiger partial charge in [0, 0.05) is 69.3 Å². The number of anilines is 2. The Kier molecular flexibility index (Phi) is 4.50. The average Bonchev–Trinajstić information content (AvgIpc) is 3.22. The zero-order chi connectivity index (χ0) is 20.7. The highest BCUT2D eigenvalue weighted by Crippen LogP contribution is 2.27. The van der Waals surface area contributed by atoms with Crippen molar-refractivity contribution in [1.82, 2.24) is 19.3 Å². The van der Waals surface area contributed by atoms with Crippen LogP contribution >= 0.6 is 0 Å². The Balaban J connectivity index is 1.33. The van der Waals surface area contributed by atoms with Crippen LogP contribution in [-0.2, 0) is 0 Å². The predicted molar refractivity (Wildman–Crippen MR) is 119 cm³/mol. The lowest BCUT2D eigenvalue weighted by Crippen LogP contribution is -2.48. The van der Waals surface area contributed by atoms with Crippen LogP contribution in [0, 0.1) is 0 Å². The number of carbonyl (C=O) groups excluding carboxylic acids is 1. The molecule has 7 nitrogen and oxygen atoms in total. The van der Waals surface area contributed by atoms with Crippen molar-refractivity contribution in [3.8, 4) is 0 Å². The molecular formula is C23H24N6O. The Labute approximate surface area is 175 Å². The van der Waals surface area contributed by atoms with Crippen LogP contribution in [0.5, 0.6) is 0 Å². The molecular weight excluding hydrogens is 376 g/mol. The topological polar surface area (TPSA) is 57.0 Å². The van der Waals surface area contributed by atoms with Crippen molar-refractivity contribution >= 4 is 33.8 Å². The first-order valence-corrected chi connectivity index (χ1v) is 10.1. The molecule has 0 spiro atoms. The minimum atomic E-state index is 0.0974. The second kappa shape index (κ2) is 7.33. The highest BCUT2D eigenvalue weighted by Gasteiger charge is 2.23. The molecule has 4 heterocycles. The van der Waals surface area contributed by atoms with E-state index in [-0.39, 0.29) is 5.91 Å². The third-order valence-electron chi connectivity index (χ3n) is 5.70. The smallest absolute Gasteiger partial charge is 0.255 e. The van der Waals surface area contributed by atoms with Crippen molar-refractivity contribution in [2.24, 2.45) is 0 Å². The number of fused-ring (bicyclic) bond motifs is 2. The van der Waals surface area contributed by atoms with Crippen LogP contribution in [0.15, 0.2) is 61.2 Å². The first-order valence-electron chi connectivity index (χ1n) is 10.1. The summed E-state index contributed by atoms with van der Waals surface area (Å²) in [5.41, 5.74) is 3.86. The van der Waals surface area contributed by atoms with E-state index in [1.54, 1.807) is 6.33 Å². The molecule has 0 atom stereocenters. The minimum Gasteiger partial charge on any atom is -0.368 e. The monoisotopic (exact) mass is 400 g/mol. The van der Waals surface area contributed by atoms with Gasteiger partial charge in [-0.2, -0.15) is 0 Å².